The molecule has 0 fully saturated rings. The summed E-state index contributed by atoms with van der Waals surface area (Å²) >= 11 is 0. The van der Waals surface area contributed by atoms with Crippen molar-refractivity contribution in [2.75, 3.05) is 0 Å². The number of ketones is 1. The lowest BCUT2D eigenvalue weighted by molar-refractivity contribution is -0.137. The van der Waals surface area contributed by atoms with Crippen LogP contribution in [0.3, 0.4) is 0 Å². The number of carbonyl (C=O) groups is 1. The molecule has 0 aliphatic rings. The number of rotatable bonds is 5. The third-order valence-electron chi connectivity index (χ3n) is 4.19. The van der Waals surface area contributed by atoms with Gasteiger partial charge in [0, 0.05) is 19.2 Å². The fourth-order valence-electron chi connectivity index (χ4n) is 2.69. The molecular formula is C19H13F3N4O2. The van der Waals surface area contributed by atoms with E-state index in [-0.39, 0.29) is 24.2 Å². The standard InChI is InChI=1S/C19H13F3N4O2/c20-19(21,22)12-5-6-16(24-10-12)14(9-23)17(27)7-8-26-11-25-15-4-2-1-3-13(15)18(26)28/h1-6,10-11,14H,7-8H2. The van der Waals surface area contributed by atoms with Gasteiger partial charge in [-0.2, -0.15) is 18.4 Å². The molecule has 28 heavy (non-hydrogen) atoms. The molecule has 0 saturated heterocycles. The molecule has 0 aliphatic heterocycles. The van der Waals surface area contributed by atoms with Crippen molar-refractivity contribution < 1.29 is 18.0 Å². The van der Waals surface area contributed by atoms with Crippen molar-refractivity contribution in [3.63, 3.8) is 0 Å². The molecular weight excluding hydrogens is 373 g/mol. The number of aryl methyl sites for hydroxylation is 1. The van der Waals surface area contributed by atoms with Gasteiger partial charge in [-0.3, -0.25) is 19.1 Å². The Morgan fingerprint density at radius 1 is 1.18 bits per heavy atom. The molecule has 0 radical (unpaired) electrons. The number of hydrogen-bond donors (Lipinski definition) is 0. The molecule has 1 atom stereocenters. The number of nitriles is 1. The number of hydrogen-bond acceptors (Lipinski definition) is 5. The Hall–Kier alpha value is -3.54. The van der Waals surface area contributed by atoms with Crippen LogP contribution in [0.25, 0.3) is 10.9 Å². The average Bonchev–Trinajstić information content (AvgIpc) is 2.68. The minimum absolute atomic E-state index is 0.00564. The first-order chi connectivity index (χ1) is 13.3. The Morgan fingerprint density at radius 3 is 2.57 bits per heavy atom. The number of para-hydroxylation sites is 1. The molecule has 0 aliphatic carbocycles. The molecule has 0 bridgehead atoms. The molecule has 0 amide bonds. The Morgan fingerprint density at radius 2 is 1.93 bits per heavy atom. The van der Waals surface area contributed by atoms with Gasteiger partial charge in [-0.1, -0.05) is 12.1 Å². The average molecular weight is 386 g/mol. The molecule has 0 saturated carbocycles. The normalized spacial score (nSPS) is 12.5. The lowest BCUT2D eigenvalue weighted by atomic mass is 9.98. The SMILES string of the molecule is N#CC(C(=O)CCn1cnc2ccccc2c1=O)c1ccc(C(F)(F)F)cn1. The first-order valence-corrected chi connectivity index (χ1v) is 8.21. The second-order valence-electron chi connectivity index (χ2n) is 6.01. The summed E-state index contributed by atoms with van der Waals surface area (Å²) in [6.07, 6.45) is -2.82. The van der Waals surface area contributed by atoms with Crippen molar-refractivity contribution in [3.8, 4) is 6.07 Å². The number of benzene rings is 1. The maximum absolute atomic E-state index is 12.6. The zero-order valence-corrected chi connectivity index (χ0v) is 14.3. The fraction of sp³-hybridized carbons (Fsp3) is 0.211. The van der Waals surface area contributed by atoms with Crippen LogP contribution in [0.1, 0.15) is 23.6 Å². The van der Waals surface area contributed by atoms with Gasteiger partial charge in [0.2, 0.25) is 0 Å². The number of halogens is 3. The summed E-state index contributed by atoms with van der Waals surface area (Å²) < 4.78 is 39.1. The minimum atomic E-state index is -4.55. The number of carbonyl (C=O) groups excluding carboxylic acids is 1. The molecule has 0 N–H and O–H groups in total. The quantitative estimate of drug-likeness (QED) is 0.672. The first kappa shape index (κ1) is 19.2. The molecule has 0 spiro atoms. The number of alkyl halides is 3. The zero-order chi connectivity index (χ0) is 20.3. The first-order valence-electron chi connectivity index (χ1n) is 8.21. The van der Waals surface area contributed by atoms with Gasteiger partial charge in [0.15, 0.2) is 5.78 Å². The second kappa shape index (κ2) is 7.60. The Labute approximate surface area is 156 Å². The summed E-state index contributed by atoms with van der Waals surface area (Å²) in [5.74, 6) is -1.86. The van der Waals surface area contributed by atoms with E-state index >= 15 is 0 Å². The van der Waals surface area contributed by atoms with E-state index < -0.39 is 23.4 Å². The minimum Gasteiger partial charge on any atom is -0.298 e. The molecule has 9 heteroatoms. The van der Waals surface area contributed by atoms with E-state index in [4.69, 9.17) is 0 Å². The Balaban J connectivity index is 1.76. The van der Waals surface area contributed by atoms with Crippen molar-refractivity contribution in [2.24, 2.45) is 0 Å². The lowest BCUT2D eigenvalue weighted by Gasteiger charge is -2.11. The van der Waals surface area contributed by atoms with E-state index in [2.05, 4.69) is 9.97 Å². The van der Waals surface area contributed by atoms with Gasteiger partial charge in [-0.05, 0) is 24.3 Å². The van der Waals surface area contributed by atoms with Crippen LogP contribution in [0, 0.1) is 11.3 Å². The maximum atomic E-state index is 12.6. The smallest absolute Gasteiger partial charge is 0.298 e. The summed E-state index contributed by atoms with van der Waals surface area (Å²) in [6.45, 7) is -0.00564. The molecule has 2 aromatic heterocycles. The van der Waals surface area contributed by atoms with Gasteiger partial charge in [0.25, 0.3) is 5.56 Å². The van der Waals surface area contributed by atoms with Crippen molar-refractivity contribution in [3.05, 3.63) is 70.5 Å². The molecule has 6 nitrogen and oxygen atoms in total. The van der Waals surface area contributed by atoms with Crippen molar-refractivity contribution in [2.45, 2.75) is 25.1 Å². The predicted molar refractivity (Wildman–Crippen MR) is 93.2 cm³/mol. The largest absolute Gasteiger partial charge is 0.417 e. The van der Waals surface area contributed by atoms with E-state index in [1.807, 2.05) is 0 Å². The third kappa shape index (κ3) is 3.91. The van der Waals surface area contributed by atoms with E-state index in [9.17, 15) is 28.0 Å². The monoisotopic (exact) mass is 386 g/mol. The van der Waals surface area contributed by atoms with Gasteiger partial charge >= 0.3 is 6.18 Å². The molecule has 142 valence electrons. The van der Waals surface area contributed by atoms with Crippen LogP contribution in [-0.4, -0.2) is 20.3 Å². The Kier molecular flexibility index (Phi) is 5.22. The van der Waals surface area contributed by atoms with Gasteiger partial charge in [0.1, 0.15) is 5.92 Å². The van der Waals surface area contributed by atoms with Gasteiger partial charge in [-0.15, -0.1) is 0 Å². The highest BCUT2D eigenvalue weighted by molar-refractivity contribution is 5.87. The molecule has 1 unspecified atom stereocenters. The highest BCUT2D eigenvalue weighted by Crippen LogP contribution is 2.29. The lowest BCUT2D eigenvalue weighted by Crippen LogP contribution is -2.23. The van der Waals surface area contributed by atoms with Crippen molar-refractivity contribution >= 4 is 16.7 Å². The van der Waals surface area contributed by atoms with Crippen LogP contribution < -0.4 is 5.56 Å². The summed E-state index contributed by atoms with van der Waals surface area (Å²) in [5, 5.41) is 9.66. The molecule has 3 rings (SSSR count). The third-order valence-corrected chi connectivity index (χ3v) is 4.19. The maximum Gasteiger partial charge on any atom is 0.417 e. The van der Waals surface area contributed by atoms with Crippen LogP contribution in [-0.2, 0) is 17.5 Å². The van der Waals surface area contributed by atoms with Crippen molar-refractivity contribution in [1.82, 2.24) is 14.5 Å². The van der Waals surface area contributed by atoms with Gasteiger partial charge in [-0.25, -0.2) is 4.98 Å². The van der Waals surface area contributed by atoms with Gasteiger partial charge < -0.3 is 0 Å². The van der Waals surface area contributed by atoms with Crippen LogP contribution >= 0.6 is 0 Å². The fourth-order valence-corrected chi connectivity index (χ4v) is 2.69. The van der Waals surface area contributed by atoms with Crippen LogP contribution in [0.15, 0.2) is 53.7 Å². The molecule has 3 aromatic rings. The highest BCUT2D eigenvalue weighted by atomic mass is 19.4. The zero-order valence-electron chi connectivity index (χ0n) is 14.3. The van der Waals surface area contributed by atoms with E-state index in [0.717, 1.165) is 12.1 Å². The summed E-state index contributed by atoms with van der Waals surface area (Å²) in [7, 11) is 0. The summed E-state index contributed by atoms with van der Waals surface area (Å²) in [4.78, 5) is 32.5. The number of pyridine rings is 1. The highest BCUT2D eigenvalue weighted by Gasteiger charge is 2.31. The number of Topliss-reactive ketones (excluding diaryl/α,β-unsaturated/α-hetero) is 1. The van der Waals surface area contributed by atoms with E-state index in [1.54, 1.807) is 30.3 Å². The topological polar surface area (TPSA) is 88.6 Å². The van der Waals surface area contributed by atoms with Crippen molar-refractivity contribution in [1.29, 1.82) is 5.26 Å². The second-order valence-corrected chi connectivity index (χ2v) is 6.01. The number of aromatic nitrogens is 3. The molecule has 2 heterocycles. The Bertz CT molecular complexity index is 1110. The van der Waals surface area contributed by atoms with E-state index in [1.165, 1.54) is 10.9 Å². The van der Waals surface area contributed by atoms with E-state index in [0.29, 0.717) is 17.1 Å². The number of fused-ring (bicyclic) bond motifs is 1. The van der Waals surface area contributed by atoms with Crippen LogP contribution in [0.4, 0.5) is 13.2 Å². The van der Waals surface area contributed by atoms with Gasteiger partial charge in [0.05, 0.1) is 34.6 Å². The molecule has 1 aromatic carbocycles. The van der Waals surface area contributed by atoms with Crippen LogP contribution in [0.2, 0.25) is 0 Å². The van der Waals surface area contributed by atoms with Crippen LogP contribution in [0.5, 0.6) is 0 Å². The predicted octanol–water partition coefficient (Wildman–Crippen LogP) is 3.08. The summed E-state index contributed by atoms with van der Waals surface area (Å²) in [6, 6.07) is 10.3. The summed E-state index contributed by atoms with van der Waals surface area (Å²) in [5.41, 5.74) is -0.822. The number of nitrogens with zero attached hydrogens (tertiary/aromatic N) is 4.